The Kier molecular flexibility index (Phi) is 4.49. The Bertz CT molecular complexity index is 681. The van der Waals surface area contributed by atoms with Crippen LogP contribution in [0.5, 0.6) is 0 Å². The zero-order valence-corrected chi connectivity index (χ0v) is 12.2. The Labute approximate surface area is 127 Å². The van der Waals surface area contributed by atoms with Gasteiger partial charge in [-0.25, -0.2) is 0 Å². The van der Waals surface area contributed by atoms with Crippen LogP contribution < -0.4 is 0 Å². The summed E-state index contributed by atoms with van der Waals surface area (Å²) >= 11 is 2.88. The monoisotopic (exact) mass is 358 g/mol. The number of hydrogen-bond donors (Lipinski definition) is 1. The fraction of sp³-hybridized carbons (Fsp3) is 0.133. The van der Waals surface area contributed by atoms with Crippen LogP contribution in [0.2, 0.25) is 0 Å². The lowest BCUT2D eigenvalue weighted by Crippen LogP contribution is -2.06. The maximum absolute atomic E-state index is 12.9. The van der Waals surface area contributed by atoms with Crippen molar-refractivity contribution < 1.29 is 23.1 Å². The van der Waals surface area contributed by atoms with Crippen molar-refractivity contribution in [3.63, 3.8) is 0 Å². The first-order valence-corrected chi connectivity index (χ1v) is 6.72. The molecule has 110 valence electrons. The summed E-state index contributed by atoms with van der Waals surface area (Å²) in [6.07, 6.45) is -3.90. The van der Waals surface area contributed by atoms with Crippen molar-refractivity contribution in [3.05, 3.63) is 57.6 Å². The Balaban J connectivity index is 2.55. The molecule has 0 aliphatic heterocycles. The van der Waals surface area contributed by atoms with Crippen LogP contribution in [0.4, 0.5) is 13.2 Å². The number of aliphatic hydroxyl groups excluding tert-OH is 1. The van der Waals surface area contributed by atoms with Gasteiger partial charge in [-0.2, -0.15) is 13.2 Å². The first-order chi connectivity index (χ1) is 9.86. The fourth-order valence-electron chi connectivity index (χ4n) is 1.95. The van der Waals surface area contributed by atoms with E-state index in [1.54, 1.807) is 6.07 Å². The topological polar surface area (TPSA) is 37.3 Å². The molecule has 0 radical (unpaired) electrons. The fourth-order valence-corrected chi connectivity index (χ4v) is 2.42. The van der Waals surface area contributed by atoms with E-state index in [1.807, 2.05) is 0 Å². The van der Waals surface area contributed by atoms with Gasteiger partial charge in [-0.15, -0.1) is 0 Å². The van der Waals surface area contributed by atoms with E-state index in [4.69, 9.17) is 5.11 Å². The van der Waals surface area contributed by atoms with Crippen LogP contribution in [0.25, 0.3) is 11.1 Å². The number of carbonyl (C=O) groups is 1. The van der Waals surface area contributed by atoms with Crippen LogP contribution >= 0.6 is 15.9 Å². The van der Waals surface area contributed by atoms with Crippen LogP contribution in [0.3, 0.4) is 0 Å². The molecule has 0 fully saturated rings. The van der Waals surface area contributed by atoms with Crippen LogP contribution in [-0.2, 0) is 12.8 Å². The highest BCUT2D eigenvalue weighted by molar-refractivity contribution is 9.10. The highest BCUT2D eigenvalue weighted by atomic mass is 79.9. The number of halogens is 4. The minimum absolute atomic E-state index is 0.0404. The third-order valence-corrected chi connectivity index (χ3v) is 3.74. The van der Waals surface area contributed by atoms with Crippen molar-refractivity contribution in [2.45, 2.75) is 12.8 Å². The predicted molar refractivity (Wildman–Crippen MR) is 75.9 cm³/mol. The molecule has 2 rings (SSSR count). The molecular weight excluding hydrogens is 349 g/mol. The van der Waals surface area contributed by atoms with E-state index in [-0.39, 0.29) is 16.6 Å². The number of alkyl halides is 3. The van der Waals surface area contributed by atoms with Crippen molar-refractivity contribution in [2.24, 2.45) is 0 Å². The van der Waals surface area contributed by atoms with E-state index < -0.39 is 11.7 Å². The third kappa shape index (κ3) is 3.33. The largest absolute Gasteiger partial charge is 0.417 e. The third-order valence-electron chi connectivity index (χ3n) is 3.05. The van der Waals surface area contributed by atoms with E-state index in [0.717, 1.165) is 6.07 Å². The molecule has 2 aromatic carbocycles. The number of aldehydes is 1. The van der Waals surface area contributed by atoms with Crippen molar-refractivity contribution in [1.82, 2.24) is 0 Å². The minimum atomic E-state index is -4.46. The maximum atomic E-state index is 12.9. The zero-order chi connectivity index (χ0) is 15.6. The summed E-state index contributed by atoms with van der Waals surface area (Å²) in [6, 6.07) is 8.42. The van der Waals surface area contributed by atoms with Gasteiger partial charge in [0, 0.05) is 10.0 Å². The molecule has 0 saturated heterocycles. The van der Waals surface area contributed by atoms with Crippen molar-refractivity contribution in [2.75, 3.05) is 0 Å². The van der Waals surface area contributed by atoms with E-state index >= 15 is 0 Å². The van der Waals surface area contributed by atoms with Gasteiger partial charge in [-0.1, -0.05) is 34.1 Å². The molecule has 0 aliphatic carbocycles. The number of aliphatic hydroxyl groups is 1. The second kappa shape index (κ2) is 5.99. The summed E-state index contributed by atoms with van der Waals surface area (Å²) in [6.45, 7) is -0.303. The first kappa shape index (κ1) is 15.7. The molecule has 2 aromatic rings. The lowest BCUT2D eigenvalue weighted by molar-refractivity contribution is -0.138. The van der Waals surface area contributed by atoms with Gasteiger partial charge >= 0.3 is 6.18 Å². The average Bonchev–Trinajstić information content (AvgIpc) is 2.45. The Morgan fingerprint density at radius 2 is 1.71 bits per heavy atom. The molecule has 21 heavy (non-hydrogen) atoms. The molecule has 0 saturated carbocycles. The van der Waals surface area contributed by atoms with Crippen molar-refractivity contribution >= 4 is 22.2 Å². The van der Waals surface area contributed by atoms with E-state index in [0.29, 0.717) is 23.0 Å². The highest BCUT2D eigenvalue weighted by Gasteiger charge is 2.33. The summed E-state index contributed by atoms with van der Waals surface area (Å²) in [7, 11) is 0. The van der Waals surface area contributed by atoms with Gasteiger partial charge in [-0.3, -0.25) is 4.79 Å². The van der Waals surface area contributed by atoms with Gasteiger partial charge in [0.15, 0.2) is 0 Å². The molecule has 0 bridgehead atoms. The molecule has 0 aliphatic rings. The number of rotatable bonds is 3. The second-order valence-electron chi connectivity index (χ2n) is 4.38. The van der Waals surface area contributed by atoms with Gasteiger partial charge in [0.1, 0.15) is 6.29 Å². The second-order valence-corrected chi connectivity index (χ2v) is 5.24. The highest BCUT2D eigenvalue weighted by Crippen LogP contribution is 2.37. The minimum Gasteiger partial charge on any atom is -0.392 e. The molecular formula is C15H10BrF3O2. The maximum Gasteiger partial charge on any atom is 0.417 e. The lowest BCUT2D eigenvalue weighted by atomic mass is 9.98. The summed E-state index contributed by atoms with van der Waals surface area (Å²) < 4.78 is 38.6. The molecule has 2 nitrogen and oxygen atoms in total. The van der Waals surface area contributed by atoms with Crippen molar-refractivity contribution in [1.29, 1.82) is 0 Å². The standard InChI is InChI=1S/C15H10BrF3O2/c16-14-4-3-10(6-13(14)15(17,18)19)9-1-2-11(7-20)12(5-9)8-21/h1-6,8,20H,7H2. The normalized spacial score (nSPS) is 11.5. The number of hydrogen-bond acceptors (Lipinski definition) is 2. The SMILES string of the molecule is O=Cc1cc(-c2ccc(Br)c(C(F)(F)F)c2)ccc1CO. The van der Waals surface area contributed by atoms with Gasteiger partial charge in [-0.05, 0) is 34.9 Å². The molecule has 0 heterocycles. The number of carbonyl (C=O) groups excluding carboxylic acids is 1. The summed E-state index contributed by atoms with van der Waals surface area (Å²) in [5.74, 6) is 0. The summed E-state index contributed by atoms with van der Waals surface area (Å²) in [5, 5.41) is 9.08. The molecule has 6 heteroatoms. The quantitative estimate of drug-likeness (QED) is 0.823. The molecule has 1 N–H and O–H groups in total. The summed E-state index contributed by atoms with van der Waals surface area (Å²) in [4.78, 5) is 11.0. The lowest BCUT2D eigenvalue weighted by Gasteiger charge is -2.12. The molecule has 0 amide bonds. The van der Waals surface area contributed by atoms with Gasteiger partial charge in [0.05, 0.1) is 12.2 Å². The van der Waals surface area contributed by atoms with Crippen LogP contribution in [-0.4, -0.2) is 11.4 Å². The number of benzene rings is 2. The van der Waals surface area contributed by atoms with Crippen LogP contribution in [0, 0.1) is 0 Å². The first-order valence-electron chi connectivity index (χ1n) is 5.93. The van der Waals surface area contributed by atoms with Crippen molar-refractivity contribution in [3.8, 4) is 11.1 Å². The van der Waals surface area contributed by atoms with Crippen LogP contribution in [0.1, 0.15) is 21.5 Å². The average molecular weight is 359 g/mol. The summed E-state index contributed by atoms with van der Waals surface area (Å²) in [5.41, 5.74) is 0.734. The molecule has 0 unspecified atom stereocenters. The van der Waals surface area contributed by atoms with Gasteiger partial charge in [0.25, 0.3) is 0 Å². The predicted octanol–water partition coefficient (Wildman–Crippen LogP) is 4.44. The van der Waals surface area contributed by atoms with E-state index in [1.165, 1.54) is 24.3 Å². The Hall–Kier alpha value is -1.66. The van der Waals surface area contributed by atoms with Crippen LogP contribution in [0.15, 0.2) is 40.9 Å². The molecule has 0 atom stereocenters. The zero-order valence-electron chi connectivity index (χ0n) is 10.6. The molecule has 0 spiro atoms. The van der Waals surface area contributed by atoms with E-state index in [9.17, 15) is 18.0 Å². The smallest absolute Gasteiger partial charge is 0.392 e. The Morgan fingerprint density at radius 3 is 2.29 bits per heavy atom. The van der Waals surface area contributed by atoms with Gasteiger partial charge < -0.3 is 5.11 Å². The Morgan fingerprint density at radius 1 is 1.10 bits per heavy atom. The molecule has 0 aromatic heterocycles. The van der Waals surface area contributed by atoms with Gasteiger partial charge in [0.2, 0.25) is 0 Å². The van der Waals surface area contributed by atoms with E-state index in [2.05, 4.69) is 15.9 Å².